The van der Waals surface area contributed by atoms with Gasteiger partial charge in [0.1, 0.15) is 5.75 Å². The molecule has 1 fully saturated rings. The van der Waals surface area contributed by atoms with Crippen LogP contribution in [0, 0.1) is 6.92 Å². The Hall–Kier alpha value is -2.15. The number of carbonyl (C=O) groups is 1. The number of aryl methyl sites for hydroxylation is 1. The Morgan fingerprint density at radius 3 is 2.78 bits per heavy atom. The molecule has 1 aromatic carbocycles. The van der Waals surface area contributed by atoms with E-state index in [0.717, 1.165) is 5.56 Å². The first kappa shape index (κ1) is 15.7. The van der Waals surface area contributed by atoms with E-state index in [1.165, 1.54) is 12.3 Å². The molecule has 7 heteroatoms. The maximum Gasteiger partial charge on any atom is 0.199 e. The van der Waals surface area contributed by atoms with Crippen molar-refractivity contribution in [1.82, 2.24) is 9.78 Å². The fourth-order valence-electron chi connectivity index (χ4n) is 2.90. The van der Waals surface area contributed by atoms with E-state index in [1.54, 1.807) is 23.0 Å². The number of phenolic OH excluding ortho intramolecular Hbond substituents is 1. The van der Waals surface area contributed by atoms with Gasteiger partial charge in [0.2, 0.25) is 0 Å². The van der Waals surface area contributed by atoms with Crippen molar-refractivity contribution in [3.05, 3.63) is 47.3 Å². The molecule has 1 aliphatic heterocycles. The van der Waals surface area contributed by atoms with Crippen LogP contribution in [-0.4, -0.2) is 40.6 Å². The number of benzene rings is 1. The van der Waals surface area contributed by atoms with Crippen LogP contribution in [0.4, 0.5) is 0 Å². The number of hydrogen-bond acceptors (Lipinski definition) is 5. The van der Waals surface area contributed by atoms with E-state index in [-0.39, 0.29) is 28.6 Å². The zero-order valence-electron chi connectivity index (χ0n) is 13.0. The van der Waals surface area contributed by atoms with E-state index in [0.29, 0.717) is 12.0 Å². The Morgan fingerprint density at radius 2 is 2.13 bits per heavy atom. The van der Waals surface area contributed by atoms with Crippen LogP contribution in [0.2, 0.25) is 0 Å². The summed E-state index contributed by atoms with van der Waals surface area (Å²) in [7, 11) is -3.06. The average molecular weight is 334 g/mol. The summed E-state index contributed by atoms with van der Waals surface area (Å²) in [4.78, 5) is 12.5. The van der Waals surface area contributed by atoms with E-state index >= 15 is 0 Å². The van der Waals surface area contributed by atoms with Crippen molar-refractivity contribution in [3.8, 4) is 5.75 Å². The minimum atomic E-state index is -3.06. The summed E-state index contributed by atoms with van der Waals surface area (Å²) in [5, 5.41) is 14.1. The van der Waals surface area contributed by atoms with Gasteiger partial charge < -0.3 is 5.11 Å². The molecule has 23 heavy (non-hydrogen) atoms. The van der Waals surface area contributed by atoms with Gasteiger partial charge >= 0.3 is 0 Å². The first-order valence-electron chi connectivity index (χ1n) is 7.30. The van der Waals surface area contributed by atoms with Crippen LogP contribution in [0.15, 0.2) is 30.6 Å². The number of hydrogen-bond donors (Lipinski definition) is 1. The summed E-state index contributed by atoms with van der Waals surface area (Å²) in [6.07, 6.45) is 3.45. The predicted octanol–water partition coefficient (Wildman–Crippen LogP) is 1.66. The van der Waals surface area contributed by atoms with Gasteiger partial charge in [0.15, 0.2) is 15.6 Å². The van der Waals surface area contributed by atoms with Gasteiger partial charge in [-0.15, -0.1) is 0 Å². The van der Waals surface area contributed by atoms with E-state index in [4.69, 9.17) is 0 Å². The number of phenols is 1. The van der Waals surface area contributed by atoms with Gasteiger partial charge in [0, 0.05) is 6.20 Å². The molecule has 0 saturated carbocycles. The third-order valence-corrected chi connectivity index (χ3v) is 6.16. The van der Waals surface area contributed by atoms with Crippen LogP contribution in [0.1, 0.15) is 34.8 Å². The summed E-state index contributed by atoms with van der Waals surface area (Å²) in [6, 6.07) is 4.83. The molecule has 3 rings (SSSR count). The molecular weight excluding hydrogens is 316 g/mol. The smallest absolute Gasteiger partial charge is 0.199 e. The largest absolute Gasteiger partial charge is 0.507 e. The number of sulfone groups is 1. The topological polar surface area (TPSA) is 89.3 Å². The summed E-state index contributed by atoms with van der Waals surface area (Å²) in [6.45, 7) is 3.66. The first-order chi connectivity index (χ1) is 10.7. The van der Waals surface area contributed by atoms with Crippen molar-refractivity contribution in [2.75, 3.05) is 11.5 Å². The van der Waals surface area contributed by atoms with Crippen LogP contribution < -0.4 is 0 Å². The van der Waals surface area contributed by atoms with E-state index in [9.17, 15) is 18.3 Å². The Kier molecular flexibility index (Phi) is 3.55. The molecule has 0 amide bonds. The highest BCUT2D eigenvalue weighted by Crippen LogP contribution is 2.30. The molecule has 1 N–H and O–H groups in total. The Balaban J connectivity index is 1.93. The highest BCUT2D eigenvalue weighted by molar-refractivity contribution is 7.91. The molecule has 0 radical (unpaired) electrons. The highest BCUT2D eigenvalue weighted by atomic mass is 32.2. The number of carbonyl (C=O) groups excluding carboxylic acids is 1. The maximum atomic E-state index is 12.5. The van der Waals surface area contributed by atoms with Gasteiger partial charge in [-0.1, -0.05) is 11.6 Å². The molecule has 0 bridgehead atoms. The second kappa shape index (κ2) is 5.19. The minimum Gasteiger partial charge on any atom is -0.507 e. The lowest BCUT2D eigenvalue weighted by molar-refractivity contribution is 0.103. The fourth-order valence-corrected chi connectivity index (χ4v) is 5.02. The van der Waals surface area contributed by atoms with Crippen LogP contribution in [0.3, 0.4) is 0 Å². The monoisotopic (exact) mass is 334 g/mol. The molecule has 122 valence electrons. The lowest BCUT2D eigenvalue weighted by atomic mass is 10.0. The first-order valence-corrected chi connectivity index (χ1v) is 9.12. The molecular formula is C16H18N2O4S. The van der Waals surface area contributed by atoms with E-state index < -0.39 is 15.4 Å². The molecule has 6 nitrogen and oxygen atoms in total. The zero-order valence-corrected chi connectivity index (χ0v) is 13.8. The maximum absolute atomic E-state index is 12.5. The number of aromatic hydroxyl groups is 1. The lowest BCUT2D eigenvalue weighted by Gasteiger charge is -2.22. The number of ketones is 1. The highest BCUT2D eigenvalue weighted by Gasteiger charge is 2.40. The molecule has 0 spiro atoms. The van der Waals surface area contributed by atoms with Gasteiger partial charge in [-0.3, -0.25) is 9.48 Å². The van der Waals surface area contributed by atoms with Crippen LogP contribution in [0.5, 0.6) is 5.75 Å². The Bertz CT molecular complexity index is 885. The van der Waals surface area contributed by atoms with Crippen LogP contribution >= 0.6 is 0 Å². The summed E-state index contributed by atoms with van der Waals surface area (Å²) in [5.74, 6) is -0.263. The van der Waals surface area contributed by atoms with Crippen molar-refractivity contribution in [2.45, 2.75) is 25.8 Å². The van der Waals surface area contributed by atoms with Crippen molar-refractivity contribution < 1.29 is 18.3 Å². The fraction of sp³-hybridized carbons (Fsp3) is 0.375. The standard InChI is InChI=1S/C16H18N2O4S/c1-11-3-4-14(19)13(7-11)15(20)12-8-17-18(9-12)16(2)5-6-23(21,22)10-16/h3-4,7-9,19H,5-6,10H2,1-2H3/t16-/m1/s1. The van der Waals surface area contributed by atoms with Gasteiger partial charge in [-0.05, 0) is 32.4 Å². The minimum absolute atomic E-state index is 0.0189. The molecule has 1 saturated heterocycles. The van der Waals surface area contributed by atoms with Crippen molar-refractivity contribution in [1.29, 1.82) is 0 Å². The number of aromatic nitrogens is 2. The quantitative estimate of drug-likeness (QED) is 0.862. The summed E-state index contributed by atoms with van der Waals surface area (Å²) in [5.41, 5.74) is 0.781. The van der Waals surface area contributed by atoms with Crippen molar-refractivity contribution >= 4 is 15.6 Å². The molecule has 2 heterocycles. The van der Waals surface area contributed by atoms with Crippen molar-refractivity contribution in [3.63, 3.8) is 0 Å². The molecule has 0 unspecified atom stereocenters. The average Bonchev–Trinajstić information content (AvgIpc) is 3.07. The molecule has 2 aromatic rings. The molecule has 1 atom stereocenters. The van der Waals surface area contributed by atoms with Gasteiger partial charge in [-0.25, -0.2) is 8.42 Å². The molecule has 0 aliphatic carbocycles. The third-order valence-electron chi connectivity index (χ3n) is 4.28. The second-order valence-electron chi connectivity index (χ2n) is 6.36. The van der Waals surface area contributed by atoms with Gasteiger partial charge in [0.25, 0.3) is 0 Å². The molecule has 1 aromatic heterocycles. The van der Waals surface area contributed by atoms with Crippen LogP contribution in [0.25, 0.3) is 0 Å². The number of rotatable bonds is 3. The lowest BCUT2D eigenvalue weighted by Crippen LogP contribution is -2.31. The Morgan fingerprint density at radius 1 is 1.39 bits per heavy atom. The second-order valence-corrected chi connectivity index (χ2v) is 8.55. The van der Waals surface area contributed by atoms with Gasteiger partial charge in [0.05, 0.1) is 34.4 Å². The summed E-state index contributed by atoms with van der Waals surface area (Å²) >= 11 is 0. The van der Waals surface area contributed by atoms with Crippen LogP contribution in [-0.2, 0) is 15.4 Å². The van der Waals surface area contributed by atoms with Gasteiger partial charge in [-0.2, -0.15) is 5.10 Å². The Labute approximate surface area is 134 Å². The van der Waals surface area contributed by atoms with Crippen molar-refractivity contribution in [2.24, 2.45) is 0 Å². The molecule has 1 aliphatic rings. The predicted molar refractivity (Wildman–Crippen MR) is 85.4 cm³/mol. The number of nitrogens with zero attached hydrogens (tertiary/aromatic N) is 2. The van der Waals surface area contributed by atoms with E-state index in [1.807, 2.05) is 13.8 Å². The normalized spacial score (nSPS) is 23.0. The SMILES string of the molecule is Cc1ccc(O)c(C(=O)c2cnn([C@]3(C)CCS(=O)(=O)C3)c2)c1. The zero-order chi connectivity index (χ0) is 16.8. The summed E-state index contributed by atoms with van der Waals surface area (Å²) < 4.78 is 25.0. The van der Waals surface area contributed by atoms with E-state index in [2.05, 4.69) is 5.10 Å². The third kappa shape index (κ3) is 2.88.